The summed E-state index contributed by atoms with van der Waals surface area (Å²) in [6.45, 7) is 9.67. The van der Waals surface area contributed by atoms with E-state index in [-0.39, 0.29) is 11.6 Å². The molecule has 142 valence electrons. The van der Waals surface area contributed by atoms with Gasteiger partial charge in [0.25, 0.3) is 5.56 Å². The molecule has 0 spiro atoms. The van der Waals surface area contributed by atoms with Gasteiger partial charge >= 0.3 is 0 Å². The van der Waals surface area contributed by atoms with E-state index in [0.29, 0.717) is 5.39 Å². The topological polar surface area (TPSA) is 72.1 Å². The van der Waals surface area contributed by atoms with Crippen molar-refractivity contribution in [1.82, 2.24) is 29.4 Å². The van der Waals surface area contributed by atoms with Crippen LogP contribution in [-0.4, -0.2) is 62.2 Å². The molecule has 1 fully saturated rings. The molecule has 1 aliphatic heterocycles. The predicted molar refractivity (Wildman–Crippen MR) is 105 cm³/mol. The van der Waals surface area contributed by atoms with Crippen molar-refractivity contribution >= 4 is 16.6 Å². The summed E-state index contributed by atoms with van der Waals surface area (Å²) in [7, 11) is 0. The zero-order chi connectivity index (χ0) is 18.8. The number of piperazine rings is 1. The number of rotatable bonds is 5. The molecule has 8 heteroatoms. The second-order valence-electron chi connectivity index (χ2n) is 7.21. The van der Waals surface area contributed by atoms with Crippen LogP contribution >= 0.6 is 0 Å². The van der Waals surface area contributed by atoms with Crippen molar-refractivity contribution in [1.29, 1.82) is 0 Å². The number of fused-ring (bicyclic) bond motifs is 1. The highest BCUT2D eigenvalue weighted by Crippen LogP contribution is 2.20. The van der Waals surface area contributed by atoms with E-state index in [9.17, 15) is 4.79 Å². The molecule has 3 heterocycles. The molecule has 4 rings (SSSR count). The lowest BCUT2D eigenvalue weighted by Crippen LogP contribution is -2.47. The van der Waals surface area contributed by atoms with Crippen molar-refractivity contribution in [2.24, 2.45) is 0 Å². The molecule has 0 N–H and O–H groups in total. The Morgan fingerprint density at radius 3 is 2.48 bits per heavy atom. The van der Waals surface area contributed by atoms with E-state index in [2.05, 4.69) is 25.0 Å². The van der Waals surface area contributed by atoms with Gasteiger partial charge in [-0.3, -0.25) is 14.3 Å². The van der Waals surface area contributed by atoms with Gasteiger partial charge in [-0.15, -0.1) is 0 Å². The van der Waals surface area contributed by atoms with E-state index in [0.717, 1.165) is 50.5 Å². The fraction of sp³-hybridized carbons (Fsp3) is 0.474. The standard InChI is InChI=1S/C19H25N7O/c1-15(2)25-14-20-18-13-16(3-4-17(18)19(25)27)24-10-7-23(8-11-24)9-12-26-21-5-6-22-26/h3-6,13-15H,7-12H2,1-2H3. The summed E-state index contributed by atoms with van der Waals surface area (Å²) in [4.78, 5) is 23.6. The number of anilines is 1. The van der Waals surface area contributed by atoms with E-state index < -0.39 is 0 Å². The van der Waals surface area contributed by atoms with E-state index in [1.807, 2.05) is 32.0 Å². The molecule has 0 bridgehead atoms. The first kappa shape index (κ1) is 17.7. The van der Waals surface area contributed by atoms with Gasteiger partial charge < -0.3 is 4.90 Å². The van der Waals surface area contributed by atoms with Gasteiger partial charge in [-0.1, -0.05) is 0 Å². The molecule has 27 heavy (non-hydrogen) atoms. The van der Waals surface area contributed by atoms with Crippen molar-refractivity contribution in [3.8, 4) is 0 Å². The maximum atomic E-state index is 12.6. The van der Waals surface area contributed by atoms with Gasteiger partial charge in [0.05, 0.1) is 36.2 Å². The fourth-order valence-corrected chi connectivity index (χ4v) is 3.51. The second-order valence-corrected chi connectivity index (χ2v) is 7.21. The molecule has 1 saturated heterocycles. The quantitative estimate of drug-likeness (QED) is 0.679. The van der Waals surface area contributed by atoms with Crippen LogP contribution in [0, 0.1) is 0 Å². The van der Waals surface area contributed by atoms with Gasteiger partial charge in [-0.2, -0.15) is 15.0 Å². The summed E-state index contributed by atoms with van der Waals surface area (Å²) in [5, 5.41) is 8.98. The first-order valence-corrected chi connectivity index (χ1v) is 9.44. The minimum Gasteiger partial charge on any atom is -0.369 e. The highest BCUT2D eigenvalue weighted by atomic mass is 16.1. The Morgan fingerprint density at radius 1 is 1.04 bits per heavy atom. The molecule has 0 atom stereocenters. The van der Waals surface area contributed by atoms with Gasteiger partial charge in [0.1, 0.15) is 0 Å². The Labute approximate surface area is 158 Å². The summed E-state index contributed by atoms with van der Waals surface area (Å²) in [5.74, 6) is 0. The predicted octanol–water partition coefficient (Wildman–Crippen LogP) is 1.39. The molecular formula is C19H25N7O. The zero-order valence-electron chi connectivity index (χ0n) is 15.8. The summed E-state index contributed by atoms with van der Waals surface area (Å²) in [6.07, 6.45) is 5.07. The maximum Gasteiger partial charge on any atom is 0.261 e. The van der Waals surface area contributed by atoms with Crippen LogP contribution in [0.1, 0.15) is 19.9 Å². The SMILES string of the molecule is CC(C)n1cnc2cc(N3CCN(CCn4nccn4)CC3)ccc2c1=O. The molecule has 2 aromatic heterocycles. The first-order chi connectivity index (χ1) is 13.1. The number of hydrogen-bond donors (Lipinski definition) is 0. The summed E-state index contributed by atoms with van der Waals surface area (Å²) in [5.41, 5.74) is 1.92. The van der Waals surface area contributed by atoms with E-state index >= 15 is 0 Å². The lowest BCUT2D eigenvalue weighted by molar-refractivity contribution is 0.239. The van der Waals surface area contributed by atoms with Crippen LogP contribution in [0.4, 0.5) is 5.69 Å². The van der Waals surface area contributed by atoms with Crippen molar-refractivity contribution in [3.05, 3.63) is 47.3 Å². The van der Waals surface area contributed by atoms with Gasteiger partial charge in [-0.05, 0) is 32.0 Å². The monoisotopic (exact) mass is 367 g/mol. The second kappa shape index (κ2) is 7.48. The number of hydrogen-bond acceptors (Lipinski definition) is 6. The van der Waals surface area contributed by atoms with Crippen molar-refractivity contribution in [2.45, 2.75) is 26.4 Å². The van der Waals surface area contributed by atoms with Crippen LogP contribution in [0.5, 0.6) is 0 Å². The Hall–Kier alpha value is -2.74. The van der Waals surface area contributed by atoms with Crippen LogP contribution in [0.2, 0.25) is 0 Å². The largest absolute Gasteiger partial charge is 0.369 e. The highest BCUT2D eigenvalue weighted by molar-refractivity contribution is 5.81. The molecule has 1 aromatic carbocycles. The Bertz CT molecular complexity index is 956. The van der Waals surface area contributed by atoms with Gasteiger partial charge in [0.2, 0.25) is 0 Å². The van der Waals surface area contributed by atoms with E-state index in [4.69, 9.17) is 0 Å². The number of aromatic nitrogens is 5. The maximum absolute atomic E-state index is 12.6. The third-order valence-corrected chi connectivity index (χ3v) is 5.14. The lowest BCUT2D eigenvalue weighted by atomic mass is 10.2. The first-order valence-electron chi connectivity index (χ1n) is 9.44. The summed E-state index contributed by atoms with van der Waals surface area (Å²) in [6, 6.07) is 6.10. The molecule has 0 unspecified atom stereocenters. The fourth-order valence-electron chi connectivity index (χ4n) is 3.51. The van der Waals surface area contributed by atoms with Crippen molar-refractivity contribution < 1.29 is 0 Å². The van der Waals surface area contributed by atoms with E-state index in [1.54, 1.807) is 28.1 Å². The molecule has 1 aliphatic rings. The van der Waals surface area contributed by atoms with Crippen LogP contribution < -0.4 is 10.5 Å². The van der Waals surface area contributed by atoms with Crippen LogP contribution in [0.15, 0.2) is 41.7 Å². The average Bonchev–Trinajstić information content (AvgIpc) is 3.20. The van der Waals surface area contributed by atoms with Crippen molar-refractivity contribution in [2.75, 3.05) is 37.6 Å². The minimum atomic E-state index is 0.0265. The zero-order valence-corrected chi connectivity index (χ0v) is 15.8. The lowest BCUT2D eigenvalue weighted by Gasteiger charge is -2.36. The minimum absolute atomic E-state index is 0.0265. The normalized spacial score (nSPS) is 15.7. The molecule has 8 nitrogen and oxygen atoms in total. The Kier molecular flexibility index (Phi) is 4.89. The van der Waals surface area contributed by atoms with E-state index in [1.165, 1.54) is 0 Å². The van der Waals surface area contributed by atoms with Gasteiger partial charge in [0, 0.05) is 44.5 Å². The number of nitrogens with zero attached hydrogens (tertiary/aromatic N) is 7. The van der Waals surface area contributed by atoms with Gasteiger partial charge in [0.15, 0.2) is 0 Å². The summed E-state index contributed by atoms with van der Waals surface area (Å²) < 4.78 is 1.68. The number of benzene rings is 1. The third kappa shape index (κ3) is 3.71. The Morgan fingerprint density at radius 2 is 1.78 bits per heavy atom. The smallest absolute Gasteiger partial charge is 0.261 e. The van der Waals surface area contributed by atoms with Gasteiger partial charge in [-0.25, -0.2) is 4.98 Å². The summed E-state index contributed by atoms with van der Waals surface area (Å²) >= 11 is 0. The molecule has 0 saturated carbocycles. The highest BCUT2D eigenvalue weighted by Gasteiger charge is 2.18. The molecule has 0 radical (unpaired) electrons. The molecular weight excluding hydrogens is 342 g/mol. The van der Waals surface area contributed by atoms with Crippen molar-refractivity contribution in [3.63, 3.8) is 0 Å². The van der Waals surface area contributed by atoms with Crippen LogP contribution in [0.25, 0.3) is 10.9 Å². The Balaban J connectivity index is 1.43. The van der Waals surface area contributed by atoms with Crippen LogP contribution in [0.3, 0.4) is 0 Å². The molecule has 0 amide bonds. The average molecular weight is 367 g/mol. The molecule has 0 aliphatic carbocycles. The molecule has 3 aromatic rings. The third-order valence-electron chi connectivity index (χ3n) is 5.14. The van der Waals surface area contributed by atoms with Crippen LogP contribution in [-0.2, 0) is 6.54 Å².